The number of sulfonamides is 1. The molecule has 12 heteroatoms. The zero-order valence-electron chi connectivity index (χ0n) is 17.8. The lowest BCUT2D eigenvalue weighted by Gasteiger charge is -2.35. The Morgan fingerprint density at radius 2 is 1.90 bits per heavy atom. The fourth-order valence-corrected chi connectivity index (χ4v) is 4.20. The minimum Gasteiger partial charge on any atom is -0.355 e. The van der Waals surface area contributed by atoms with Gasteiger partial charge in [0, 0.05) is 46.5 Å². The number of halogens is 1. The zero-order chi connectivity index (χ0) is 21.7. The van der Waals surface area contributed by atoms with Crippen molar-refractivity contribution in [1.29, 1.82) is 0 Å². The van der Waals surface area contributed by atoms with E-state index in [9.17, 15) is 13.2 Å². The van der Waals surface area contributed by atoms with Crippen LogP contribution in [0.5, 0.6) is 0 Å². The van der Waals surface area contributed by atoms with Gasteiger partial charge < -0.3 is 15.1 Å². The summed E-state index contributed by atoms with van der Waals surface area (Å²) >= 11 is 0. The first-order chi connectivity index (χ1) is 14.3. The first kappa shape index (κ1) is 25.1. The molecule has 170 valence electrons. The summed E-state index contributed by atoms with van der Waals surface area (Å²) in [5.74, 6) is 0.515. The summed E-state index contributed by atoms with van der Waals surface area (Å²) in [4.78, 5) is 20.5. The van der Waals surface area contributed by atoms with Crippen molar-refractivity contribution in [2.24, 2.45) is 12.0 Å². The van der Waals surface area contributed by atoms with Crippen LogP contribution in [0.25, 0.3) is 0 Å². The second-order valence-electron chi connectivity index (χ2n) is 7.02. The molecule has 1 aromatic carbocycles. The van der Waals surface area contributed by atoms with Gasteiger partial charge in [-0.15, -0.1) is 24.0 Å². The van der Waals surface area contributed by atoms with E-state index >= 15 is 0 Å². The highest BCUT2D eigenvalue weighted by molar-refractivity contribution is 14.0. The highest BCUT2D eigenvalue weighted by Gasteiger charge is 2.27. The second kappa shape index (κ2) is 10.9. The topological polar surface area (TPSA) is 112 Å². The van der Waals surface area contributed by atoms with E-state index < -0.39 is 10.0 Å². The number of anilines is 1. The van der Waals surface area contributed by atoms with Crippen molar-refractivity contribution in [1.82, 2.24) is 24.7 Å². The van der Waals surface area contributed by atoms with Crippen molar-refractivity contribution in [3.63, 3.8) is 0 Å². The summed E-state index contributed by atoms with van der Waals surface area (Å²) in [6, 6.07) is 6.68. The van der Waals surface area contributed by atoms with Gasteiger partial charge in [0.05, 0.1) is 16.8 Å². The van der Waals surface area contributed by atoms with E-state index in [1.165, 1.54) is 0 Å². The predicted molar refractivity (Wildman–Crippen MR) is 130 cm³/mol. The molecule has 0 radical (unpaired) electrons. The van der Waals surface area contributed by atoms with Crippen LogP contribution in [-0.2, 0) is 21.9 Å². The van der Waals surface area contributed by atoms with Crippen LogP contribution in [0.15, 0.2) is 46.5 Å². The number of amides is 1. The minimum absolute atomic E-state index is 0. The lowest BCUT2D eigenvalue weighted by Crippen LogP contribution is -2.55. The standard InChI is InChI=1S/C19H27N7O3S.HI/c1-15-4-6-17(7-5-15)30(28,29)23-9-8-21-19(20-2)25-10-11-26(18(27)14-25)16-12-22-24(3)13-16;/h4-7,12-13,23H,8-11,14H2,1-3H3,(H,20,21);1H. The average Bonchev–Trinajstić information content (AvgIpc) is 3.14. The number of piperazine rings is 1. The van der Waals surface area contributed by atoms with Crippen LogP contribution in [0, 0.1) is 6.92 Å². The molecule has 10 nitrogen and oxygen atoms in total. The molecule has 1 amide bonds. The van der Waals surface area contributed by atoms with E-state index in [-0.39, 0.29) is 47.9 Å². The quantitative estimate of drug-likeness (QED) is 0.231. The number of hydrogen-bond donors (Lipinski definition) is 2. The molecule has 1 fully saturated rings. The molecule has 1 aromatic heterocycles. The van der Waals surface area contributed by atoms with Crippen LogP contribution >= 0.6 is 24.0 Å². The molecule has 0 saturated carbocycles. The fraction of sp³-hybridized carbons (Fsp3) is 0.421. The third-order valence-corrected chi connectivity index (χ3v) is 6.24. The van der Waals surface area contributed by atoms with E-state index in [0.29, 0.717) is 25.6 Å². The average molecular weight is 561 g/mol. The molecular formula is C19H28IN7O3S. The number of aryl methyl sites for hydroxylation is 2. The fourth-order valence-electron chi connectivity index (χ4n) is 3.17. The van der Waals surface area contributed by atoms with Gasteiger partial charge in [0.2, 0.25) is 15.9 Å². The van der Waals surface area contributed by atoms with Crippen molar-refractivity contribution < 1.29 is 13.2 Å². The van der Waals surface area contributed by atoms with Gasteiger partial charge in [-0.05, 0) is 19.1 Å². The Balaban J connectivity index is 0.00000341. The zero-order valence-corrected chi connectivity index (χ0v) is 20.9. The number of guanidine groups is 1. The summed E-state index contributed by atoms with van der Waals surface area (Å²) in [6.07, 6.45) is 3.47. The lowest BCUT2D eigenvalue weighted by molar-refractivity contribution is -0.120. The number of carbonyl (C=O) groups is 1. The Kier molecular flexibility index (Phi) is 8.82. The Morgan fingerprint density at radius 1 is 1.19 bits per heavy atom. The molecular weight excluding hydrogens is 533 g/mol. The molecule has 2 heterocycles. The number of nitrogens with zero attached hydrogens (tertiary/aromatic N) is 5. The van der Waals surface area contributed by atoms with E-state index in [1.807, 2.05) is 18.9 Å². The lowest BCUT2D eigenvalue weighted by atomic mass is 10.2. The molecule has 0 atom stereocenters. The molecule has 0 bridgehead atoms. The third-order valence-electron chi connectivity index (χ3n) is 4.77. The van der Waals surface area contributed by atoms with Crippen molar-refractivity contribution in [2.75, 3.05) is 44.7 Å². The number of carbonyl (C=O) groups excluding carboxylic acids is 1. The van der Waals surface area contributed by atoms with Crippen LogP contribution < -0.4 is 14.9 Å². The van der Waals surface area contributed by atoms with E-state index in [4.69, 9.17) is 0 Å². The minimum atomic E-state index is -3.56. The van der Waals surface area contributed by atoms with Crippen molar-refractivity contribution >= 4 is 51.6 Å². The van der Waals surface area contributed by atoms with Crippen molar-refractivity contribution in [2.45, 2.75) is 11.8 Å². The largest absolute Gasteiger partial charge is 0.355 e. The Labute approximate surface area is 199 Å². The van der Waals surface area contributed by atoms with Gasteiger partial charge in [0.1, 0.15) is 6.54 Å². The van der Waals surface area contributed by atoms with Gasteiger partial charge in [-0.25, -0.2) is 13.1 Å². The van der Waals surface area contributed by atoms with E-state index in [2.05, 4.69) is 20.1 Å². The van der Waals surface area contributed by atoms with Crippen molar-refractivity contribution in [3.8, 4) is 0 Å². The normalized spacial score (nSPS) is 15.1. The first-order valence-electron chi connectivity index (χ1n) is 9.61. The molecule has 1 saturated heterocycles. The molecule has 1 aliphatic heterocycles. The summed E-state index contributed by atoms with van der Waals surface area (Å²) in [7, 11) is -0.119. The monoisotopic (exact) mass is 561 g/mol. The first-order valence-corrected chi connectivity index (χ1v) is 11.1. The maximum atomic E-state index is 12.5. The van der Waals surface area contributed by atoms with Gasteiger partial charge in [0.25, 0.3) is 0 Å². The summed E-state index contributed by atoms with van der Waals surface area (Å²) < 4.78 is 28.9. The Hall–Kier alpha value is -2.19. The number of rotatable bonds is 6. The Morgan fingerprint density at radius 3 is 2.48 bits per heavy atom. The predicted octanol–water partition coefficient (Wildman–Crippen LogP) is 0.549. The third kappa shape index (κ3) is 6.40. The Bertz CT molecular complexity index is 1020. The second-order valence-corrected chi connectivity index (χ2v) is 8.79. The molecule has 3 rings (SSSR count). The smallest absolute Gasteiger partial charge is 0.246 e. The maximum Gasteiger partial charge on any atom is 0.246 e. The molecule has 2 N–H and O–H groups in total. The molecule has 0 unspecified atom stereocenters. The number of aliphatic imine (C=N–C) groups is 1. The summed E-state index contributed by atoms with van der Waals surface area (Å²) in [5.41, 5.74) is 1.77. The van der Waals surface area contributed by atoms with Crippen LogP contribution in [0.3, 0.4) is 0 Å². The number of nitrogens with one attached hydrogen (secondary N) is 2. The number of hydrogen-bond acceptors (Lipinski definition) is 5. The molecule has 1 aliphatic rings. The van der Waals surface area contributed by atoms with Crippen molar-refractivity contribution in [3.05, 3.63) is 42.2 Å². The van der Waals surface area contributed by atoms with Crippen LogP contribution in [0.1, 0.15) is 5.56 Å². The SMILES string of the molecule is CN=C(NCCNS(=O)(=O)c1ccc(C)cc1)N1CCN(c2cnn(C)c2)C(=O)C1.I. The van der Waals surface area contributed by atoms with E-state index in [1.54, 1.807) is 53.3 Å². The van der Waals surface area contributed by atoms with Crippen LogP contribution in [0.2, 0.25) is 0 Å². The molecule has 31 heavy (non-hydrogen) atoms. The molecule has 0 aliphatic carbocycles. The van der Waals surface area contributed by atoms with Crippen LogP contribution in [0.4, 0.5) is 5.69 Å². The molecule has 2 aromatic rings. The van der Waals surface area contributed by atoms with E-state index in [0.717, 1.165) is 11.3 Å². The number of aromatic nitrogens is 2. The van der Waals surface area contributed by atoms with Gasteiger partial charge in [0.15, 0.2) is 5.96 Å². The van der Waals surface area contributed by atoms with Gasteiger partial charge in [-0.3, -0.25) is 14.5 Å². The molecule has 0 spiro atoms. The summed E-state index contributed by atoms with van der Waals surface area (Å²) in [6.45, 7) is 3.75. The summed E-state index contributed by atoms with van der Waals surface area (Å²) in [5, 5.41) is 7.22. The van der Waals surface area contributed by atoms with Gasteiger partial charge >= 0.3 is 0 Å². The highest BCUT2D eigenvalue weighted by Crippen LogP contribution is 2.16. The van der Waals surface area contributed by atoms with Crippen LogP contribution in [-0.4, -0.2) is 74.7 Å². The van der Waals surface area contributed by atoms with Gasteiger partial charge in [-0.2, -0.15) is 5.10 Å². The highest BCUT2D eigenvalue weighted by atomic mass is 127. The van der Waals surface area contributed by atoms with Gasteiger partial charge in [-0.1, -0.05) is 17.7 Å². The number of benzene rings is 1. The maximum absolute atomic E-state index is 12.5.